The Morgan fingerprint density at radius 2 is 2.00 bits per heavy atom. The molecule has 2 aromatic heterocycles. The molecule has 1 aliphatic carbocycles. The summed E-state index contributed by atoms with van der Waals surface area (Å²) in [5.74, 6) is -0.807. The molecule has 0 saturated heterocycles. The summed E-state index contributed by atoms with van der Waals surface area (Å²) in [7, 11) is 0. The monoisotopic (exact) mass is 366 g/mol. The van der Waals surface area contributed by atoms with E-state index in [0.717, 1.165) is 16.0 Å². The standard InChI is InChI=1S/C18H14N4O3S/c23-15-10-13(16-7-4-8-26-16)9-14(12-5-2-1-3-6-12)17(15)21-11-19-18(20-21)22(24)25/h1-8,10-11,14,17H,9H2/t14-,17+/m0/s1. The number of rotatable bonds is 4. The quantitative estimate of drug-likeness (QED) is 0.519. The summed E-state index contributed by atoms with van der Waals surface area (Å²) in [6.07, 6.45) is 3.54. The molecule has 8 heteroatoms. The third kappa shape index (κ3) is 2.95. The molecular weight excluding hydrogens is 352 g/mol. The molecule has 0 radical (unpaired) electrons. The molecule has 7 nitrogen and oxygen atoms in total. The number of carbonyl (C=O) groups excluding carboxylic acids is 1. The summed E-state index contributed by atoms with van der Waals surface area (Å²) in [5.41, 5.74) is 1.97. The molecule has 26 heavy (non-hydrogen) atoms. The van der Waals surface area contributed by atoms with Crippen molar-refractivity contribution < 1.29 is 9.72 Å². The number of hydrogen-bond donors (Lipinski definition) is 0. The van der Waals surface area contributed by atoms with E-state index in [4.69, 9.17) is 0 Å². The molecular formula is C18H14N4O3S. The molecule has 4 rings (SSSR count). The van der Waals surface area contributed by atoms with Gasteiger partial charge >= 0.3 is 5.95 Å². The molecule has 130 valence electrons. The molecule has 2 heterocycles. The third-order valence-corrected chi connectivity index (χ3v) is 5.38. The van der Waals surface area contributed by atoms with Crippen molar-refractivity contribution in [3.8, 4) is 0 Å². The SMILES string of the molecule is O=C1C=C(c2cccs2)C[C@@H](c2ccccc2)[C@H]1n1cnc([N+](=O)[O-])n1. The summed E-state index contributed by atoms with van der Waals surface area (Å²) in [4.78, 5) is 27.9. The number of carbonyl (C=O) groups is 1. The largest absolute Gasteiger partial charge is 0.490 e. The first kappa shape index (κ1) is 16.3. The lowest BCUT2D eigenvalue weighted by atomic mass is 9.79. The zero-order valence-electron chi connectivity index (χ0n) is 13.6. The third-order valence-electron chi connectivity index (χ3n) is 4.44. The van der Waals surface area contributed by atoms with Crippen LogP contribution in [0.2, 0.25) is 0 Å². The lowest BCUT2D eigenvalue weighted by Gasteiger charge is -2.29. The lowest BCUT2D eigenvalue weighted by molar-refractivity contribution is -0.394. The van der Waals surface area contributed by atoms with E-state index >= 15 is 0 Å². The normalized spacial score (nSPS) is 20.0. The maximum absolute atomic E-state index is 12.9. The average Bonchev–Trinajstić information content (AvgIpc) is 3.34. The van der Waals surface area contributed by atoms with Crippen LogP contribution in [0.1, 0.15) is 28.8 Å². The second-order valence-electron chi connectivity index (χ2n) is 6.00. The Hall–Kier alpha value is -3.13. The number of nitrogens with zero attached hydrogens (tertiary/aromatic N) is 4. The van der Waals surface area contributed by atoms with Gasteiger partial charge in [-0.05, 0) is 40.0 Å². The number of benzene rings is 1. The molecule has 0 N–H and O–H groups in total. The van der Waals surface area contributed by atoms with Crippen molar-refractivity contribution in [2.45, 2.75) is 18.4 Å². The van der Waals surface area contributed by atoms with Gasteiger partial charge in [-0.2, -0.15) is 4.68 Å². The van der Waals surface area contributed by atoms with Crippen molar-refractivity contribution in [2.24, 2.45) is 0 Å². The minimum atomic E-state index is -0.658. The van der Waals surface area contributed by atoms with Gasteiger partial charge in [0.1, 0.15) is 6.04 Å². The van der Waals surface area contributed by atoms with Gasteiger partial charge < -0.3 is 10.1 Å². The first-order valence-corrected chi connectivity index (χ1v) is 8.90. The molecule has 0 saturated carbocycles. The van der Waals surface area contributed by atoms with Gasteiger partial charge in [0.2, 0.25) is 6.33 Å². The zero-order chi connectivity index (χ0) is 18.1. The summed E-state index contributed by atoms with van der Waals surface area (Å²) in [5, 5.41) is 16.8. The van der Waals surface area contributed by atoms with Gasteiger partial charge in [-0.1, -0.05) is 41.4 Å². The van der Waals surface area contributed by atoms with Crippen molar-refractivity contribution in [3.05, 3.63) is 80.8 Å². The van der Waals surface area contributed by atoms with Crippen LogP contribution in [-0.4, -0.2) is 25.5 Å². The highest BCUT2D eigenvalue weighted by Gasteiger charge is 2.38. The number of hydrogen-bond acceptors (Lipinski definition) is 6. The van der Waals surface area contributed by atoms with Crippen LogP contribution in [0.4, 0.5) is 5.95 Å². The maximum Gasteiger partial charge on any atom is 0.490 e. The maximum atomic E-state index is 12.9. The van der Waals surface area contributed by atoms with Crippen molar-refractivity contribution >= 4 is 28.6 Å². The summed E-state index contributed by atoms with van der Waals surface area (Å²) in [6.45, 7) is 0. The summed E-state index contributed by atoms with van der Waals surface area (Å²) < 4.78 is 1.32. The molecule has 1 aromatic carbocycles. The van der Waals surface area contributed by atoms with E-state index in [-0.39, 0.29) is 11.7 Å². The minimum Gasteiger partial charge on any atom is -0.390 e. The fraction of sp³-hybridized carbons (Fsp3) is 0.167. The topological polar surface area (TPSA) is 90.9 Å². The van der Waals surface area contributed by atoms with E-state index in [1.165, 1.54) is 11.0 Å². The molecule has 0 spiro atoms. The van der Waals surface area contributed by atoms with Gasteiger partial charge in [0, 0.05) is 15.9 Å². The van der Waals surface area contributed by atoms with E-state index in [1.807, 2.05) is 47.8 Å². The van der Waals surface area contributed by atoms with Gasteiger partial charge in [-0.25, -0.2) is 0 Å². The molecule has 0 unspecified atom stereocenters. The van der Waals surface area contributed by atoms with E-state index in [9.17, 15) is 14.9 Å². The number of nitro groups is 1. The van der Waals surface area contributed by atoms with Gasteiger partial charge in [0.05, 0.1) is 0 Å². The van der Waals surface area contributed by atoms with E-state index in [1.54, 1.807) is 17.4 Å². The molecule has 0 fully saturated rings. The van der Waals surface area contributed by atoms with E-state index < -0.39 is 16.9 Å². The molecule has 0 bridgehead atoms. The van der Waals surface area contributed by atoms with E-state index in [0.29, 0.717) is 6.42 Å². The van der Waals surface area contributed by atoms with Crippen molar-refractivity contribution in [1.82, 2.24) is 14.8 Å². The number of thiophene rings is 1. The second kappa shape index (κ2) is 6.64. The average molecular weight is 366 g/mol. The van der Waals surface area contributed by atoms with Crippen LogP contribution in [0.3, 0.4) is 0 Å². The smallest absolute Gasteiger partial charge is 0.390 e. The van der Waals surface area contributed by atoms with Crippen molar-refractivity contribution in [1.29, 1.82) is 0 Å². The first-order valence-electron chi connectivity index (χ1n) is 8.02. The van der Waals surface area contributed by atoms with Crippen LogP contribution in [0.25, 0.3) is 5.57 Å². The minimum absolute atomic E-state index is 0.131. The van der Waals surface area contributed by atoms with Crippen LogP contribution in [0.5, 0.6) is 0 Å². The van der Waals surface area contributed by atoms with Crippen molar-refractivity contribution in [3.63, 3.8) is 0 Å². The van der Waals surface area contributed by atoms with E-state index in [2.05, 4.69) is 10.1 Å². The molecule has 0 aliphatic heterocycles. The fourth-order valence-corrected chi connectivity index (χ4v) is 4.05. The van der Waals surface area contributed by atoms with Gasteiger partial charge in [0.25, 0.3) is 0 Å². The number of allylic oxidation sites excluding steroid dienone is 2. The highest BCUT2D eigenvalue weighted by Crippen LogP contribution is 2.42. The Morgan fingerprint density at radius 3 is 2.65 bits per heavy atom. The number of ketones is 1. The number of aromatic nitrogens is 3. The molecule has 2 atom stereocenters. The van der Waals surface area contributed by atoms with Crippen LogP contribution in [0.15, 0.2) is 60.2 Å². The van der Waals surface area contributed by atoms with Gasteiger partial charge in [-0.15, -0.1) is 11.3 Å². The van der Waals surface area contributed by atoms with Crippen molar-refractivity contribution in [2.75, 3.05) is 0 Å². The molecule has 1 aliphatic rings. The molecule has 0 amide bonds. The molecule has 3 aromatic rings. The van der Waals surface area contributed by atoms with Crippen LogP contribution >= 0.6 is 11.3 Å². The predicted molar refractivity (Wildman–Crippen MR) is 96.8 cm³/mol. The van der Waals surface area contributed by atoms with Gasteiger partial charge in [-0.3, -0.25) is 4.79 Å². The Labute approximate surface area is 152 Å². The predicted octanol–water partition coefficient (Wildman–Crippen LogP) is 3.63. The van der Waals surface area contributed by atoms with Crippen LogP contribution in [-0.2, 0) is 4.79 Å². The lowest BCUT2D eigenvalue weighted by Crippen LogP contribution is -2.29. The Balaban J connectivity index is 1.78. The Kier molecular flexibility index (Phi) is 4.18. The zero-order valence-corrected chi connectivity index (χ0v) is 14.4. The summed E-state index contributed by atoms with van der Waals surface area (Å²) >= 11 is 1.59. The van der Waals surface area contributed by atoms with Crippen LogP contribution < -0.4 is 0 Å². The van der Waals surface area contributed by atoms with Gasteiger partial charge in [0.15, 0.2) is 5.78 Å². The first-order chi connectivity index (χ1) is 12.6. The highest BCUT2D eigenvalue weighted by atomic mass is 32.1. The summed E-state index contributed by atoms with van der Waals surface area (Å²) in [6, 6.07) is 13.0. The second-order valence-corrected chi connectivity index (χ2v) is 6.94. The highest BCUT2D eigenvalue weighted by molar-refractivity contribution is 7.11. The Bertz CT molecular complexity index is 979. The fourth-order valence-electron chi connectivity index (χ4n) is 3.29. The van der Waals surface area contributed by atoms with Crippen LogP contribution in [0, 0.1) is 10.1 Å². The Morgan fingerprint density at radius 1 is 1.19 bits per heavy atom.